The molecule has 1 aromatic carbocycles. The summed E-state index contributed by atoms with van der Waals surface area (Å²) in [4.78, 5) is 11.4. The van der Waals surface area contributed by atoms with Crippen LogP contribution >= 0.6 is 0 Å². The number of anilines is 1. The Morgan fingerprint density at radius 3 is 2.76 bits per heavy atom. The van der Waals surface area contributed by atoms with Crippen LogP contribution in [0.15, 0.2) is 18.2 Å². The Morgan fingerprint density at radius 1 is 1.43 bits per heavy atom. The van der Waals surface area contributed by atoms with Crippen molar-refractivity contribution in [3.63, 3.8) is 0 Å². The summed E-state index contributed by atoms with van der Waals surface area (Å²) in [5.74, 6) is 1.21. The van der Waals surface area contributed by atoms with Gasteiger partial charge in [0.05, 0.1) is 12.7 Å². The number of methoxy groups -OCH3 is 1. The molecule has 0 atom stereocenters. The first-order chi connectivity index (χ1) is 10.1. The van der Waals surface area contributed by atoms with Crippen molar-refractivity contribution in [1.29, 1.82) is 0 Å². The summed E-state index contributed by atoms with van der Waals surface area (Å²) in [5.41, 5.74) is 9.04. The van der Waals surface area contributed by atoms with E-state index in [0.717, 1.165) is 42.5 Å². The van der Waals surface area contributed by atoms with Crippen molar-refractivity contribution in [2.75, 3.05) is 12.8 Å². The molecule has 0 amide bonds. The smallest absolute Gasteiger partial charge is 0.156 e. The van der Waals surface area contributed by atoms with E-state index in [1.807, 2.05) is 25.1 Å². The van der Waals surface area contributed by atoms with Crippen LogP contribution in [0.25, 0.3) is 11.3 Å². The number of carbonyl (C=O) groups is 1. The monoisotopic (exact) mass is 287 g/mol. The molecule has 0 unspecified atom stereocenters. The fourth-order valence-corrected chi connectivity index (χ4v) is 2.31. The van der Waals surface area contributed by atoms with Gasteiger partial charge in [-0.25, -0.2) is 4.68 Å². The maximum absolute atomic E-state index is 11.4. The van der Waals surface area contributed by atoms with Gasteiger partial charge in [-0.1, -0.05) is 13.3 Å². The third-order valence-corrected chi connectivity index (χ3v) is 3.56. The molecule has 0 radical (unpaired) electrons. The van der Waals surface area contributed by atoms with E-state index in [0.29, 0.717) is 17.1 Å². The number of carbonyl (C=O) groups excluding carboxylic acids is 1. The summed E-state index contributed by atoms with van der Waals surface area (Å²) in [6.45, 7) is 4.79. The molecule has 0 aliphatic carbocycles. The molecule has 112 valence electrons. The highest BCUT2D eigenvalue weighted by Crippen LogP contribution is 2.30. The number of ether oxygens (including phenoxy) is 1. The standard InChI is InChI=1S/C16H21N3O2/c1-4-5-8-19-16(17)14(10-20)15(18-19)13-7-6-12(21-3)9-11(13)2/h6-7,9-10H,4-5,8,17H2,1-3H3. The molecule has 5 nitrogen and oxygen atoms in total. The number of hydrogen-bond acceptors (Lipinski definition) is 4. The van der Waals surface area contributed by atoms with E-state index >= 15 is 0 Å². The Labute approximate surface area is 124 Å². The summed E-state index contributed by atoms with van der Waals surface area (Å²) < 4.78 is 6.92. The molecule has 2 rings (SSSR count). The van der Waals surface area contributed by atoms with E-state index in [2.05, 4.69) is 12.0 Å². The predicted octanol–water partition coefficient (Wildman–Crippen LogP) is 3.06. The summed E-state index contributed by atoms with van der Waals surface area (Å²) in [6, 6.07) is 5.69. The molecule has 1 aromatic heterocycles. The van der Waals surface area contributed by atoms with Crippen molar-refractivity contribution in [2.45, 2.75) is 33.2 Å². The minimum atomic E-state index is 0.434. The lowest BCUT2D eigenvalue weighted by molar-refractivity contribution is 0.112. The zero-order valence-corrected chi connectivity index (χ0v) is 12.7. The van der Waals surface area contributed by atoms with E-state index in [-0.39, 0.29) is 0 Å². The highest BCUT2D eigenvalue weighted by Gasteiger charge is 2.18. The number of hydrogen-bond donors (Lipinski definition) is 1. The summed E-state index contributed by atoms with van der Waals surface area (Å²) in [6.07, 6.45) is 2.81. The molecule has 0 bridgehead atoms. The quantitative estimate of drug-likeness (QED) is 0.829. The van der Waals surface area contributed by atoms with Crippen LogP contribution in [0.5, 0.6) is 5.75 Å². The van der Waals surface area contributed by atoms with Crippen LogP contribution in [0.2, 0.25) is 0 Å². The maximum Gasteiger partial charge on any atom is 0.156 e. The average molecular weight is 287 g/mol. The third-order valence-electron chi connectivity index (χ3n) is 3.56. The van der Waals surface area contributed by atoms with Gasteiger partial charge in [-0.2, -0.15) is 5.10 Å². The number of aldehydes is 1. The van der Waals surface area contributed by atoms with Gasteiger partial charge in [0.1, 0.15) is 17.3 Å². The molecule has 0 fully saturated rings. The van der Waals surface area contributed by atoms with Crippen LogP contribution in [0.1, 0.15) is 35.7 Å². The van der Waals surface area contributed by atoms with Crippen molar-refractivity contribution >= 4 is 12.1 Å². The fourth-order valence-electron chi connectivity index (χ4n) is 2.31. The topological polar surface area (TPSA) is 70.1 Å². The minimum Gasteiger partial charge on any atom is -0.497 e. The number of rotatable bonds is 6. The molecule has 0 aliphatic heterocycles. The molecule has 21 heavy (non-hydrogen) atoms. The average Bonchev–Trinajstić information content (AvgIpc) is 2.80. The van der Waals surface area contributed by atoms with Gasteiger partial charge >= 0.3 is 0 Å². The lowest BCUT2D eigenvalue weighted by Crippen LogP contribution is -2.05. The number of aryl methyl sites for hydroxylation is 2. The van der Waals surface area contributed by atoms with Gasteiger partial charge in [0.25, 0.3) is 0 Å². The van der Waals surface area contributed by atoms with Gasteiger partial charge in [-0.05, 0) is 37.1 Å². The van der Waals surface area contributed by atoms with Crippen molar-refractivity contribution in [3.05, 3.63) is 29.3 Å². The number of benzene rings is 1. The highest BCUT2D eigenvalue weighted by molar-refractivity contribution is 5.92. The van der Waals surface area contributed by atoms with E-state index in [9.17, 15) is 4.79 Å². The lowest BCUT2D eigenvalue weighted by Gasteiger charge is -2.06. The van der Waals surface area contributed by atoms with Crippen LogP contribution in [-0.2, 0) is 6.54 Å². The second-order valence-electron chi connectivity index (χ2n) is 5.02. The minimum absolute atomic E-state index is 0.434. The highest BCUT2D eigenvalue weighted by atomic mass is 16.5. The molecule has 0 aliphatic rings. The molecule has 0 saturated heterocycles. The van der Waals surface area contributed by atoms with Gasteiger partial charge in [0, 0.05) is 12.1 Å². The first kappa shape index (κ1) is 15.1. The largest absolute Gasteiger partial charge is 0.497 e. The molecule has 2 aromatic rings. The van der Waals surface area contributed by atoms with E-state index in [1.165, 1.54) is 0 Å². The van der Waals surface area contributed by atoms with Gasteiger partial charge < -0.3 is 10.5 Å². The zero-order valence-electron chi connectivity index (χ0n) is 12.7. The molecule has 0 spiro atoms. The SMILES string of the molecule is CCCCn1nc(-c2ccc(OC)cc2C)c(C=O)c1N. The molecular formula is C16H21N3O2. The Morgan fingerprint density at radius 2 is 2.19 bits per heavy atom. The van der Waals surface area contributed by atoms with Crippen molar-refractivity contribution < 1.29 is 9.53 Å². The number of nitrogens with zero attached hydrogens (tertiary/aromatic N) is 2. The summed E-state index contributed by atoms with van der Waals surface area (Å²) in [5, 5.41) is 4.52. The first-order valence-corrected chi connectivity index (χ1v) is 7.08. The van der Waals surface area contributed by atoms with Crippen LogP contribution in [0.4, 0.5) is 5.82 Å². The van der Waals surface area contributed by atoms with Crippen LogP contribution < -0.4 is 10.5 Å². The van der Waals surface area contributed by atoms with Gasteiger partial charge in [-0.3, -0.25) is 4.79 Å². The second-order valence-corrected chi connectivity index (χ2v) is 5.02. The fraction of sp³-hybridized carbons (Fsp3) is 0.375. The Balaban J connectivity index is 2.50. The molecule has 1 heterocycles. The van der Waals surface area contributed by atoms with Gasteiger partial charge in [0.15, 0.2) is 6.29 Å². The molecule has 2 N–H and O–H groups in total. The van der Waals surface area contributed by atoms with Crippen molar-refractivity contribution in [2.24, 2.45) is 0 Å². The van der Waals surface area contributed by atoms with Crippen molar-refractivity contribution in [1.82, 2.24) is 9.78 Å². The first-order valence-electron chi connectivity index (χ1n) is 7.08. The zero-order chi connectivity index (χ0) is 15.4. The number of nitrogens with two attached hydrogens (primary N) is 1. The Kier molecular flexibility index (Phi) is 4.62. The van der Waals surface area contributed by atoms with Crippen molar-refractivity contribution in [3.8, 4) is 17.0 Å². The van der Waals surface area contributed by atoms with Gasteiger partial charge in [-0.15, -0.1) is 0 Å². The van der Waals surface area contributed by atoms with E-state index in [1.54, 1.807) is 11.8 Å². The summed E-state index contributed by atoms with van der Waals surface area (Å²) in [7, 11) is 1.63. The van der Waals surface area contributed by atoms with E-state index in [4.69, 9.17) is 10.5 Å². The molecule has 0 saturated carbocycles. The van der Waals surface area contributed by atoms with Crippen LogP contribution in [0.3, 0.4) is 0 Å². The van der Waals surface area contributed by atoms with Crippen LogP contribution in [0, 0.1) is 6.92 Å². The maximum atomic E-state index is 11.4. The van der Waals surface area contributed by atoms with E-state index < -0.39 is 0 Å². The molecular weight excluding hydrogens is 266 g/mol. The normalized spacial score (nSPS) is 10.6. The van der Waals surface area contributed by atoms with Gasteiger partial charge in [0.2, 0.25) is 0 Å². The number of unbranched alkanes of at least 4 members (excludes halogenated alkanes) is 1. The third kappa shape index (κ3) is 2.91. The predicted molar refractivity (Wildman–Crippen MR) is 83.7 cm³/mol. The van der Waals surface area contributed by atoms with Crippen LogP contribution in [-0.4, -0.2) is 23.2 Å². The number of aromatic nitrogens is 2. The Bertz CT molecular complexity index is 647. The number of nitrogen functional groups attached to an aromatic ring is 1. The molecule has 5 heteroatoms. The second kappa shape index (κ2) is 6.43. The summed E-state index contributed by atoms with van der Waals surface area (Å²) >= 11 is 0. The Hall–Kier alpha value is -2.30. The lowest BCUT2D eigenvalue weighted by atomic mass is 10.0.